The molecule has 0 saturated carbocycles. The first-order valence-corrected chi connectivity index (χ1v) is 11.3. The quantitative estimate of drug-likeness (QED) is 0.328. The fraction of sp³-hybridized carbons (Fsp3) is 0.231. The van der Waals surface area contributed by atoms with Gasteiger partial charge in [-0.1, -0.05) is 35.9 Å². The maximum Gasteiger partial charge on any atom is 0.254 e. The van der Waals surface area contributed by atoms with E-state index in [-0.39, 0.29) is 5.56 Å². The molecule has 0 saturated heterocycles. The van der Waals surface area contributed by atoms with Gasteiger partial charge in [0.15, 0.2) is 0 Å². The number of amides is 1. The van der Waals surface area contributed by atoms with Crippen molar-refractivity contribution in [2.24, 2.45) is 0 Å². The average molecular weight is 466 g/mol. The molecule has 1 heterocycles. The standard InChI is InChI=1S/C26H25ClFN3O2/c1-18-17-19(12-13-21(18)27)33-16-15-31-24-10-5-4-9-23(24)30-25(31)11-6-14-29-26(32)20-7-2-3-8-22(20)28/h2-5,7-10,12-13,17H,6,11,14-16H2,1H3,(H,29,32). The first-order valence-electron chi connectivity index (χ1n) is 10.9. The molecule has 0 bridgehead atoms. The van der Waals surface area contributed by atoms with E-state index in [9.17, 15) is 9.18 Å². The molecule has 0 aliphatic rings. The summed E-state index contributed by atoms with van der Waals surface area (Å²) in [6, 6.07) is 19.6. The Kier molecular flexibility index (Phi) is 7.25. The number of hydrogen-bond donors (Lipinski definition) is 1. The highest BCUT2D eigenvalue weighted by molar-refractivity contribution is 6.31. The molecule has 0 atom stereocenters. The van der Waals surface area contributed by atoms with Gasteiger partial charge in [0.05, 0.1) is 23.1 Å². The number of hydrogen-bond acceptors (Lipinski definition) is 3. The Labute approximate surface area is 197 Å². The normalized spacial score (nSPS) is 11.0. The third kappa shape index (κ3) is 5.52. The predicted molar refractivity (Wildman–Crippen MR) is 128 cm³/mol. The highest BCUT2D eigenvalue weighted by Crippen LogP contribution is 2.22. The molecule has 1 N–H and O–H groups in total. The third-order valence-corrected chi connectivity index (χ3v) is 5.85. The monoisotopic (exact) mass is 465 g/mol. The molecule has 0 aliphatic carbocycles. The van der Waals surface area contributed by atoms with Crippen LogP contribution >= 0.6 is 11.6 Å². The van der Waals surface area contributed by atoms with Crippen LogP contribution in [0.5, 0.6) is 5.75 Å². The van der Waals surface area contributed by atoms with E-state index >= 15 is 0 Å². The van der Waals surface area contributed by atoms with Gasteiger partial charge in [-0.15, -0.1) is 0 Å². The number of benzene rings is 3. The lowest BCUT2D eigenvalue weighted by Gasteiger charge is -2.12. The van der Waals surface area contributed by atoms with E-state index in [4.69, 9.17) is 21.3 Å². The minimum absolute atomic E-state index is 0.0549. The van der Waals surface area contributed by atoms with Gasteiger partial charge in [-0.05, 0) is 61.4 Å². The first kappa shape index (κ1) is 22.8. The van der Waals surface area contributed by atoms with Crippen molar-refractivity contribution in [3.63, 3.8) is 0 Å². The largest absolute Gasteiger partial charge is 0.492 e. The van der Waals surface area contributed by atoms with Crippen LogP contribution in [0.25, 0.3) is 11.0 Å². The molecular weight excluding hydrogens is 441 g/mol. The fourth-order valence-corrected chi connectivity index (χ4v) is 3.83. The van der Waals surface area contributed by atoms with Crippen molar-refractivity contribution >= 4 is 28.5 Å². The highest BCUT2D eigenvalue weighted by atomic mass is 35.5. The van der Waals surface area contributed by atoms with Crippen molar-refractivity contribution in [3.8, 4) is 5.75 Å². The number of rotatable bonds is 9. The molecule has 0 radical (unpaired) electrons. The van der Waals surface area contributed by atoms with E-state index in [2.05, 4.69) is 9.88 Å². The smallest absolute Gasteiger partial charge is 0.254 e. The van der Waals surface area contributed by atoms with Crippen molar-refractivity contribution in [2.45, 2.75) is 26.3 Å². The van der Waals surface area contributed by atoms with Gasteiger partial charge in [-0.3, -0.25) is 4.79 Å². The zero-order valence-electron chi connectivity index (χ0n) is 18.4. The van der Waals surface area contributed by atoms with Crippen LogP contribution in [-0.4, -0.2) is 28.6 Å². The third-order valence-electron chi connectivity index (χ3n) is 5.43. The number of halogens is 2. The summed E-state index contributed by atoms with van der Waals surface area (Å²) in [5, 5.41) is 3.50. The molecule has 5 nitrogen and oxygen atoms in total. The molecule has 1 aromatic heterocycles. The van der Waals surface area contributed by atoms with Crippen molar-refractivity contribution in [3.05, 3.63) is 94.5 Å². The molecule has 3 aromatic carbocycles. The first-order chi connectivity index (χ1) is 16.0. The number of carbonyl (C=O) groups excluding carboxylic acids is 1. The fourth-order valence-electron chi connectivity index (χ4n) is 3.72. The molecular formula is C26H25ClFN3O2. The summed E-state index contributed by atoms with van der Waals surface area (Å²) in [6.07, 6.45) is 1.35. The van der Waals surface area contributed by atoms with Crippen LogP contribution in [0.1, 0.15) is 28.2 Å². The second kappa shape index (κ2) is 10.5. The van der Waals surface area contributed by atoms with Crippen LogP contribution in [-0.2, 0) is 13.0 Å². The van der Waals surface area contributed by atoms with Gasteiger partial charge in [0, 0.05) is 18.0 Å². The van der Waals surface area contributed by atoms with E-state index in [1.54, 1.807) is 12.1 Å². The van der Waals surface area contributed by atoms with Crippen LogP contribution in [0, 0.1) is 12.7 Å². The van der Waals surface area contributed by atoms with Crippen LogP contribution < -0.4 is 10.1 Å². The van der Waals surface area contributed by atoms with Crippen LogP contribution in [0.15, 0.2) is 66.7 Å². The lowest BCUT2D eigenvalue weighted by Crippen LogP contribution is -2.26. The van der Waals surface area contributed by atoms with E-state index in [0.29, 0.717) is 37.6 Å². The number of aromatic nitrogens is 2. The zero-order chi connectivity index (χ0) is 23.2. The number of para-hydroxylation sites is 2. The second-order valence-corrected chi connectivity index (χ2v) is 8.17. The highest BCUT2D eigenvalue weighted by Gasteiger charge is 2.12. The molecule has 0 aliphatic heterocycles. The molecule has 170 valence electrons. The molecule has 33 heavy (non-hydrogen) atoms. The van der Waals surface area contributed by atoms with Crippen molar-refractivity contribution in [2.75, 3.05) is 13.2 Å². The molecule has 0 unspecified atom stereocenters. The Morgan fingerprint density at radius 2 is 1.91 bits per heavy atom. The average Bonchev–Trinajstić information content (AvgIpc) is 3.16. The minimum atomic E-state index is -0.521. The lowest BCUT2D eigenvalue weighted by atomic mass is 10.2. The van der Waals surface area contributed by atoms with Gasteiger partial charge in [0.2, 0.25) is 0 Å². The van der Waals surface area contributed by atoms with Gasteiger partial charge >= 0.3 is 0 Å². The SMILES string of the molecule is Cc1cc(OCCn2c(CCCNC(=O)c3ccccc3F)nc3ccccc32)ccc1Cl. The van der Waals surface area contributed by atoms with Crippen LogP contribution in [0.3, 0.4) is 0 Å². The molecule has 0 spiro atoms. The van der Waals surface area contributed by atoms with E-state index in [1.165, 1.54) is 12.1 Å². The second-order valence-electron chi connectivity index (χ2n) is 7.77. The maximum absolute atomic E-state index is 13.8. The van der Waals surface area contributed by atoms with Gasteiger partial charge < -0.3 is 14.6 Å². The number of imidazole rings is 1. The summed E-state index contributed by atoms with van der Waals surface area (Å²) in [5.74, 6) is 0.770. The molecule has 4 aromatic rings. The van der Waals surface area contributed by atoms with E-state index in [0.717, 1.165) is 28.2 Å². The maximum atomic E-state index is 13.8. The summed E-state index contributed by atoms with van der Waals surface area (Å²) >= 11 is 6.09. The Balaban J connectivity index is 1.38. The zero-order valence-corrected chi connectivity index (χ0v) is 19.1. The van der Waals surface area contributed by atoms with Gasteiger partial charge in [-0.2, -0.15) is 0 Å². The Morgan fingerprint density at radius 1 is 1.12 bits per heavy atom. The number of aryl methyl sites for hydroxylation is 2. The Morgan fingerprint density at radius 3 is 2.73 bits per heavy atom. The summed E-state index contributed by atoms with van der Waals surface area (Å²) < 4.78 is 21.9. The summed E-state index contributed by atoms with van der Waals surface area (Å²) in [4.78, 5) is 17.0. The van der Waals surface area contributed by atoms with Gasteiger partial charge in [0.1, 0.15) is 24.0 Å². The Hall–Kier alpha value is -3.38. The number of ether oxygens (including phenoxy) is 1. The van der Waals surface area contributed by atoms with E-state index in [1.807, 2.05) is 49.4 Å². The number of fused-ring (bicyclic) bond motifs is 1. The van der Waals surface area contributed by atoms with Crippen LogP contribution in [0.2, 0.25) is 5.02 Å². The number of nitrogens with one attached hydrogen (secondary N) is 1. The van der Waals surface area contributed by atoms with Crippen molar-refractivity contribution < 1.29 is 13.9 Å². The summed E-state index contributed by atoms with van der Waals surface area (Å²) in [5.41, 5.74) is 2.99. The molecule has 1 amide bonds. The minimum Gasteiger partial charge on any atom is -0.492 e. The summed E-state index contributed by atoms with van der Waals surface area (Å²) in [7, 11) is 0. The van der Waals surface area contributed by atoms with Crippen LogP contribution in [0.4, 0.5) is 4.39 Å². The molecule has 7 heteroatoms. The predicted octanol–water partition coefficient (Wildman–Crippen LogP) is 5.58. The number of carbonyl (C=O) groups is 1. The summed E-state index contributed by atoms with van der Waals surface area (Å²) in [6.45, 7) is 3.50. The Bertz CT molecular complexity index is 1270. The van der Waals surface area contributed by atoms with Crippen molar-refractivity contribution in [1.29, 1.82) is 0 Å². The molecule has 0 fully saturated rings. The van der Waals surface area contributed by atoms with Gasteiger partial charge in [0.25, 0.3) is 5.91 Å². The topological polar surface area (TPSA) is 56.1 Å². The molecule has 4 rings (SSSR count). The van der Waals surface area contributed by atoms with E-state index < -0.39 is 11.7 Å². The number of nitrogens with zero attached hydrogens (tertiary/aromatic N) is 2. The van der Waals surface area contributed by atoms with Crippen molar-refractivity contribution in [1.82, 2.24) is 14.9 Å². The van der Waals surface area contributed by atoms with Gasteiger partial charge in [-0.25, -0.2) is 9.37 Å². The lowest BCUT2D eigenvalue weighted by molar-refractivity contribution is 0.0949.